The van der Waals surface area contributed by atoms with Gasteiger partial charge in [-0.05, 0) is 37.1 Å². The molecular formula is C17H20ClN3O2. The first-order chi connectivity index (χ1) is 11.2. The monoisotopic (exact) mass is 333 g/mol. The third kappa shape index (κ3) is 4.32. The average molecular weight is 334 g/mol. The molecule has 5 nitrogen and oxygen atoms in total. The topological polar surface area (TPSA) is 59.2 Å². The van der Waals surface area contributed by atoms with Gasteiger partial charge in [-0.25, -0.2) is 0 Å². The molecule has 1 aliphatic heterocycles. The molecule has 122 valence electrons. The van der Waals surface area contributed by atoms with Crippen LogP contribution in [0, 0.1) is 0 Å². The Labute approximate surface area is 140 Å². The Bertz CT molecular complexity index is 646. The molecule has 1 aromatic heterocycles. The fourth-order valence-corrected chi connectivity index (χ4v) is 2.89. The second-order valence-electron chi connectivity index (χ2n) is 5.81. The van der Waals surface area contributed by atoms with Crippen molar-refractivity contribution in [1.82, 2.24) is 15.0 Å². The van der Waals surface area contributed by atoms with Crippen LogP contribution in [0.25, 0.3) is 11.4 Å². The minimum absolute atomic E-state index is 0.179. The van der Waals surface area contributed by atoms with Crippen LogP contribution >= 0.6 is 11.6 Å². The Morgan fingerprint density at radius 1 is 1.13 bits per heavy atom. The molecule has 6 heteroatoms. The van der Waals surface area contributed by atoms with Crippen molar-refractivity contribution >= 4 is 17.5 Å². The van der Waals surface area contributed by atoms with E-state index in [0.717, 1.165) is 31.5 Å². The van der Waals surface area contributed by atoms with Gasteiger partial charge in [-0.1, -0.05) is 29.6 Å². The van der Waals surface area contributed by atoms with E-state index in [1.165, 1.54) is 12.8 Å². The van der Waals surface area contributed by atoms with Gasteiger partial charge in [-0.3, -0.25) is 4.79 Å². The number of benzene rings is 1. The summed E-state index contributed by atoms with van der Waals surface area (Å²) in [6.45, 7) is 1.75. The van der Waals surface area contributed by atoms with Crippen molar-refractivity contribution in [3.05, 3.63) is 35.2 Å². The predicted octanol–water partition coefficient (Wildman–Crippen LogP) is 3.73. The van der Waals surface area contributed by atoms with Crippen molar-refractivity contribution in [3.63, 3.8) is 0 Å². The SMILES string of the molecule is O=C(CCc1nc(-c2ccc(Cl)cc2)no1)N1CCCCCC1. The number of rotatable bonds is 4. The van der Waals surface area contributed by atoms with Crippen LogP contribution in [0.3, 0.4) is 0 Å². The molecule has 2 aromatic rings. The van der Waals surface area contributed by atoms with Crippen LogP contribution in [0.1, 0.15) is 38.0 Å². The molecule has 0 radical (unpaired) electrons. The molecule has 0 unspecified atom stereocenters. The molecule has 0 atom stereocenters. The van der Waals surface area contributed by atoms with E-state index in [4.69, 9.17) is 16.1 Å². The van der Waals surface area contributed by atoms with Crippen molar-refractivity contribution in [3.8, 4) is 11.4 Å². The maximum absolute atomic E-state index is 12.3. The summed E-state index contributed by atoms with van der Waals surface area (Å²) in [4.78, 5) is 18.6. The summed E-state index contributed by atoms with van der Waals surface area (Å²) in [7, 11) is 0. The fourth-order valence-electron chi connectivity index (χ4n) is 2.76. The van der Waals surface area contributed by atoms with E-state index in [0.29, 0.717) is 29.6 Å². The van der Waals surface area contributed by atoms with Crippen LogP contribution in [0.15, 0.2) is 28.8 Å². The van der Waals surface area contributed by atoms with Gasteiger partial charge in [0.1, 0.15) is 0 Å². The molecule has 3 rings (SSSR count). The molecule has 1 saturated heterocycles. The minimum Gasteiger partial charge on any atom is -0.343 e. The molecule has 0 aliphatic carbocycles. The zero-order valence-electron chi connectivity index (χ0n) is 13.0. The number of carbonyl (C=O) groups is 1. The summed E-state index contributed by atoms with van der Waals surface area (Å²) in [6.07, 6.45) is 5.55. The van der Waals surface area contributed by atoms with Crippen molar-refractivity contribution in [2.75, 3.05) is 13.1 Å². The number of hydrogen-bond donors (Lipinski definition) is 0. The Kier molecular flexibility index (Phi) is 5.28. The van der Waals surface area contributed by atoms with E-state index in [9.17, 15) is 4.79 Å². The fraction of sp³-hybridized carbons (Fsp3) is 0.471. The molecule has 1 amide bonds. The predicted molar refractivity (Wildman–Crippen MR) is 88.1 cm³/mol. The van der Waals surface area contributed by atoms with E-state index in [-0.39, 0.29) is 5.91 Å². The highest BCUT2D eigenvalue weighted by Crippen LogP contribution is 2.19. The van der Waals surface area contributed by atoms with Gasteiger partial charge in [0.15, 0.2) is 0 Å². The molecule has 23 heavy (non-hydrogen) atoms. The van der Waals surface area contributed by atoms with Gasteiger partial charge in [-0.2, -0.15) is 4.98 Å². The zero-order valence-corrected chi connectivity index (χ0v) is 13.8. The van der Waals surface area contributed by atoms with E-state index in [2.05, 4.69) is 10.1 Å². The van der Waals surface area contributed by atoms with E-state index < -0.39 is 0 Å². The second kappa shape index (κ2) is 7.59. The number of aromatic nitrogens is 2. The van der Waals surface area contributed by atoms with Gasteiger partial charge in [0, 0.05) is 36.5 Å². The van der Waals surface area contributed by atoms with Crippen molar-refractivity contribution < 1.29 is 9.32 Å². The third-order valence-electron chi connectivity index (χ3n) is 4.08. The van der Waals surface area contributed by atoms with Crippen LogP contribution in [0.5, 0.6) is 0 Å². The molecule has 1 aromatic carbocycles. The zero-order chi connectivity index (χ0) is 16.1. The Morgan fingerprint density at radius 2 is 1.83 bits per heavy atom. The molecule has 1 aliphatic rings. The number of amides is 1. The second-order valence-corrected chi connectivity index (χ2v) is 6.25. The summed E-state index contributed by atoms with van der Waals surface area (Å²) in [6, 6.07) is 7.27. The molecule has 0 spiro atoms. The number of likely N-dealkylation sites (tertiary alicyclic amines) is 1. The lowest BCUT2D eigenvalue weighted by molar-refractivity contribution is -0.131. The average Bonchev–Trinajstić information content (AvgIpc) is 2.86. The van der Waals surface area contributed by atoms with Gasteiger partial charge in [0.05, 0.1) is 0 Å². The number of hydrogen-bond acceptors (Lipinski definition) is 4. The largest absolute Gasteiger partial charge is 0.343 e. The molecule has 1 fully saturated rings. The molecular weight excluding hydrogens is 314 g/mol. The van der Waals surface area contributed by atoms with Gasteiger partial charge >= 0.3 is 0 Å². The molecule has 0 bridgehead atoms. The maximum Gasteiger partial charge on any atom is 0.227 e. The molecule has 0 N–H and O–H groups in total. The highest BCUT2D eigenvalue weighted by atomic mass is 35.5. The quantitative estimate of drug-likeness (QED) is 0.855. The minimum atomic E-state index is 0.179. The van der Waals surface area contributed by atoms with Gasteiger partial charge in [0.25, 0.3) is 0 Å². The maximum atomic E-state index is 12.3. The van der Waals surface area contributed by atoms with Crippen molar-refractivity contribution in [1.29, 1.82) is 0 Å². The lowest BCUT2D eigenvalue weighted by Gasteiger charge is -2.19. The van der Waals surface area contributed by atoms with E-state index in [1.807, 2.05) is 17.0 Å². The number of aryl methyl sites for hydroxylation is 1. The first-order valence-corrected chi connectivity index (χ1v) is 8.46. The van der Waals surface area contributed by atoms with E-state index in [1.54, 1.807) is 12.1 Å². The van der Waals surface area contributed by atoms with Crippen molar-refractivity contribution in [2.24, 2.45) is 0 Å². The summed E-state index contributed by atoms with van der Waals surface area (Å²) in [5.41, 5.74) is 0.850. The number of nitrogens with zero attached hydrogens (tertiary/aromatic N) is 3. The number of halogens is 1. The van der Waals surface area contributed by atoms with Crippen LogP contribution < -0.4 is 0 Å². The first-order valence-electron chi connectivity index (χ1n) is 8.09. The Balaban J connectivity index is 1.56. The third-order valence-corrected chi connectivity index (χ3v) is 4.33. The summed E-state index contributed by atoms with van der Waals surface area (Å²) >= 11 is 5.87. The normalized spacial score (nSPS) is 15.4. The first kappa shape index (κ1) is 16.0. The van der Waals surface area contributed by atoms with Crippen LogP contribution in [-0.2, 0) is 11.2 Å². The Morgan fingerprint density at radius 3 is 2.52 bits per heavy atom. The lowest BCUT2D eigenvalue weighted by Crippen LogP contribution is -2.31. The summed E-state index contributed by atoms with van der Waals surface area (Å²) < 4.78 is 5.25. The lowest BCUT2D eigenvalue weighted by atomic mass is 10.2. The summed E-state index contributed by atoms with van der Waals surface area (Å²) in [5, 5.41) is 4.63. The highest BCUT2D eigenvalue weighted by Gasteiger charge is 2.17. The van der Waals surface area contributed by atoms with Gasteiger partial charge in [0.2, 0.25) is 17.6 Å². The van der Waals surface area contributed by atoms with Gasteiger partial charge in [-0.15, -0.1) is 0 Å². The smallest absolute Gasteiger partial charge is 0.227 e. The standard InChI is InChI=1S/C17H20ClN3O2/c18-14-7-5-13(6-8-14)17-19-15(23-20-17)9-10-16(22)21-11-3-1-2-4-12-21/h5-8H,1-4,9-12H2. The van der Waals surface area contributed by atoms with Gasteiger partial charge < -0.3 is 9.42 Å². The summed E-state index contributed by atoms with van der Waals surface area (Å²) in [5.74, 6) is 1.20. The number of carbonyl (C=O) groups excluding carboxylic acids is 1. The van der Waals surface area contributed by atoms with E-state index >= 15 is 0 Å². The van der Waals surface area contributed by atoms with Crippen LogP contribution in [0.2, 0.25) is 5.02 Å². The highest BCUT2D eigenvalue weighted by molar-refractivity contribution is 6.30. The van der Waals surface area contributed by atoms with Crippen molar-refractivity contribution in [2.45, 2.75) is 38.5 Å². The van der Waals surface area contributed by atoms with Crippen LogP contribution in [-0.4, -0.2) is 34.0 Å². The molecule has 0 saturated carbocycles. The molecule has 2 heterocycles. The Hall–Kier alpha value is -1.88. The van der Waals surface area contributed by atoms with Crippen LogP contribution in [0.4, 0.5) is 0 Å².